The van der Waals surface area contributed by atoms with Gasteiger partial charge in [0.05, 0.1) is 11.9 Å². The molecule has 1 aliphatic heterocycles. The molecule has 30 heavy (non-hydrogen) atoms. The molecule has 1 saturated heterocycles. The van der Waals surface area contributed by atoms with Crippen LogP contribution in [0.2, 0.25) is 0 Å². The molecular formula is C22H18F2N4O2. The zero-order valence-corrected chi connectivity index (χ0v) is 15.9. The summed E-state index contributed by atoms with van der Waals surface area (Å²) in [6.45, 7) is 1.40. The van der Waals surface area contributed by atoms with Crippen LogP contribution in [0.15, 0.2) is 66.9 Å². The van der Waals surface area contributed by atoms with E-state index in [9.17, 15) is 18.4 Å². The molecule has 6 nitrogen and oxygen atoms in total. The number of halogens is 2. The zero-order valence-electron chi connectivity index (χ0n) is 15.9. The Hall–Kier alpha value is -3.81. The number of urea groups is 1. The number of nitrogens with one attached hydrogen (secondary N) is 1. The predicted octanol–water partition coefficient (Wildman–Crippen LogP) is 4.05. The minimum Gasteiger partial charge on any atom is -0.321 e. The molecule has 0 atom stereocenters. The van der Waals surface area contributed by atoms with Gasteiger partial charge in [0.2, 0.25) is 0 Å². The molecule has 2 heterocycles. The van der Waals surface area contributed by atoms with Gasteiger partial charge in [-0.1, -0.05) is 12.1 Å². The normalized spacial score (nSPS) is 13.6. The van der Waals surface area contributed by atoms with Gasteiger partial charge in [-0.3, -0.25) is 9.69 Å². The number of hydrogen-bond acceptors (Lipinski definition) is 3. The molecule has 0 aliphatic carbocycles. The monoisotopic (exact) mass is 408 g/mol. The molecule has 2 aromatic carbocycles. The number of hydrogen-bond donors (Lipinski definition) is 1. The Morgan fingerprint density at radius 3 is 2.23 bits per heavy atom. The second kappa shape index (κ2) is 8.28. The molecule has 1 N–H and O–H groups in total. The van der Waals surface area contributed by atoms with Gasteiger partial charge in [0.1, 0.15) is 17.5 Å². The zero-order chi connectivity index (χ0) is 21.1. The van der Waals surface area contributed by atoms with Crippen molar-refractivity contribution in [1.82, 2.24) is 9.88 Å². The Kier molecular flexibility index (Phi) is 5.38. The van der Waals surface area contributed by atoms with Gasteiger partial charge in [-0.2, -0.15) is 0 Å². The largest absolute Gasteiger partial charge is 0.326 e. The van der Waals surface area contributed by atoms with Crippen molar-refractivity contribution in [3.63, 3.8) is 0 Å². The molecule has 0 saturated carbocycles. The van der Waals surface area contributed by atoms with Crippen LogP contribution in [0, 0.1) is 11.6 Å². The number of benzene rings is 2. The summed E-state index contributed by atoms with van der Waals surface area (Å²) in [5.74, 6) is -0.640. The van der Waals surface area contributed by atoms with Crippen molar-refractivity contribution in [3.05, 3.63) is 89.6 Å². The van der Waals surface area contributed by atoms with Crippen LogP contribution in [0.1, 0.15) is 15.9 Å². The summed E-state index contributed by atoms with van der Waals surface area (Å²) in [4.78, 5) is 32.4. The summed E-state index contributed by atoms with van der Waals surface area (Å²) in [5.41, 5.74) is 1.63. The third kappa shape index (κ3) is 4.27. The molecule has 1 aromatic heterocycles. The number of amides is 3. The van der Waals surface area contributed by atoms with E-state index in [2.05, 4.69) is 10.3 Å². The highest BCUT2D eigenvalue weighted by atomic mass is 19.1. The van der Waals surface area contributed by atoms with Crippen LogP contribution < -0.4 is 10.2 Å². The van der Waals surface area contributed by atoms with Crippen LogP contribution in [-0.4, -0.2) is 34.9 Å². The minimum atomic E-state index is -0.415. The molecule has 1 aliphatic rings. The first-order chi connectivity index (χ1) is 14.5. The van der Waals surface area contributed by atoms with Crippen LogP contribution in [0.4, 0.5) is 25.1 Å². The van der Waals surface area contributed by atoms with E-state index in [1.807, 2.05) is 0 Å². The number of aromatic nitrogens is 1. The highest BCUT2D eigenvalue weighted by Crippen LogP contribution is 2.21. The summed E-state index contributed by atoms with van der Waals surface area (Å²) in [6, 6.07) is 14.4. The van der Waals surface area contributed by atoms with Gasteiger partial charge < -0.3 is 10.2 Å². The van der Waals surface area contributed by atoms with Crippen LogP contribution in [0.5, 0.6) is 0 Å². The van der Waals surface area contributed by atoms with Gasteiger partial charge in [-0.25, -0.2) is 18.6 Å². The summed E-state index contributed by atoms with van der Waals surface area (Å²) in [5, 5.41) is 2.68. The fourth-order valence-corrected chi connectivity index (χ4v) is 3.18. The fraction of sp³-hybridized carbons (Fsp3) is 0.136. The molecule has 0 radical (unpaired) electrons. The first-order valence-corrected chi connectivity index (χ1v) is 9.33. The minimum absolute atomic E-state index is 0.185. The number of nitrogens with zero attached hydrogens (tertiary/aromatic N) is 3. The lowest BCUT2D eigenvalue weighted by atomic mass is 10.2. The van der Waals surface area contributed by atoms with E-state index < -0.39 is 5.82 Å². The molecule has 0 spiro atoms. The predicted molar refractivity (Wildman–Crippen MR) is 108 cm³/mol. The van der Waals surface area contributed by atoms with E-state index in [4.69, 9.17) is 0 Å². The van der Waals surface area contributed by atoms with Gasteiger partial charge in [0, 0.05) is 25.2 Å². The van der Waals surface area contributed by atoms with Crippen LogP contribution in [0.25, 0.3) is 0 Å². The van der Waals surface area contributed by atoms with Crippen molar-refractivity contribution in [2.45, 2.75) is 6.54 Å². The summed E-state index contributed by atoms with van der Waals surface area (Å²) >= 11 is 0. The lowest BCUT2D eigenvalue weighted by molar-refractivity contribution is 0.102. The standard InChI is InChI=1S/C22H18F2N4O2/c23-17-5-1-15(2-6-17)14-27-11-12-28(22(27)30)20-10-9-19(13-25-20)26-21(29)16-3-7-18(24)8-4-16/h1-10,13H,11-12,14H2,(H,26,29). The number of carbonyl (C=O) groups is 2. The Morgan fingerprint density at radius 1 is 0.933 bits per heavy atom. The highest BCUT2D eigenvalue weighted by Gasteiger charge is 2.30. The molecular weight excluding hydrogens is 390 g/mol. The van der Waals surface area contributed by atoms with Crippen molar-refractivity contribution in [2.75, 3.05) is 23.3 Å². The van der Waals surface area contributed by atoms with Crippen LogP contribution >= 0.6 is 0 Å². The maximum Gasteiger partial charge on any atom is 0.326 e. The van der Waals surface area contributed by atoms with Crippen molar-refractivity contribution >= 4 is 23.4 Å². The second-order valence-electron chi connectivity index (χ2n) is 6.85. The molecule has 4 rings (SSSR count). The summed E-state index contributed by atoms with van der Waals surface area (Å²) < 4.78 is 26.0. The molecule has 152 valence electrons. The summed E-state index contributed by atoms with van der Waals surface area (Å²) in [7, 11) is 0. The first kappa shape index (κ1) is 19.5. The Morgan fingerprint density at radius 2 is 1.60 bits per heavy atom. The van der Waals surface area contributed by atoms with E-state index in [0.717, 1.165) is 5.56 Å². The van der Waals surface area contributed by atoms with E-state index in [-0.39, 0.29) is 17.8 Å². The number of carbonyl (C=O) groups excluding carboxylic acids is 2. The average molecular weight is 408 g/mol. The third-order valence-electron chi connectivity index (χ3n) is 4.77. The number of anilines is 2. The van der Waals surface area contributed by atoms with Gasteiger partial charge in [0.25, 0.3) is 5.91 Å². The van der Waals surface area contributed by atoms with E-state index in [1.54, 1.807) is 34.1 Å². The van der Waals surface area contributed by atoms with Gasteiger partial charge in [0.15, 0.2) is 0 Å². The molecule has 3 amide bonds. The summed E-state index contributed by atoms with van der Waals surface area (Å²) in [6.07, 6.45) is 1.46. The van der Waals surface area contributed by atoms with Crippen molar-refractivity contribution in [3.8, 4) is 0 Å². The molecule has 1 fully saturated rings. The van der Waals surface area contributed by atoms with Crippen molar-refractivity contribution in [2.24, 2.45) is 0 Å². The smallest absolute Gasteiger partial charge is 0.321 e. The van der Waals surface area contributed by atoms with E-state index in [0.29, 0.717) is 36.7 Å². The van der Waals surface area contributed by atoms with Crippen LogP contribution in [-0.2, 0) is 6.54 Å². The lowest BCUT2D eigenvalue weighted by Gasteiger charge is -2.18. The van der Waals surface area contributed by atoms with Gasteiger partial charge >= 0.3 is 6.03 Å². The maximum absolute atomic E-state index is 13.0. The SMILES string of the molecule is O=C(Nc1ccc(N2CCN(Cc3ccc(F)cc3)C2=O)nc1)c1ccc(F)cc1. The topological polar surface area (TPSA) is 65.5 Å². The second-order valence-corrected chi connectivity index (χ2v) is 6.85. The van der Waals surface area contributed by atoms with Gasteiger partial charge in [-0.05, 0) is 54.1 Å². The van der Waals surface area contributed by atoms with Gasteiger partial charge in [-0.15, -0.1) is 0 Å². The number of pyridine rings is 1. The average Bonchev–Trinajstić information content (AvgIpc) is 3.11. The highest BCUT2D eigenvalue weighted by molar-refractivity contribution is 6.04. The molecule has 8 heteroatoms. The maximum atomic E-state index is 13.0. The van der Waals surface area contributed by atoms with Crippen molar-refractivity contribution < 1.29 is 18.4 Å². The van der Waals surface area contributed by atoms with Crippen LogP contribution in [0.3, 0.4) is 0 Å². The Labute approximate surface area is 171 Å². The molecule has 0 bridgehead atoms. The fourth-order valence-electron chi connectivity index (χ4n) is 3.18. The van der Waals surface area contributed by atoms with E-state index >= 15 is 0 Å². The lowest BCUT2D eigenvalue weighted by Crippen LogP contribution is -2.31. The van der Waals surface area contributed by atoms with Crippen molar-refractivity contribution in [1.29, 1.82) is 0 Å². The quantitative estimate of drug-likeness (QED) is 0.693. The third-order valence-corrected chi connectivity index (χ3v) is 4.77. The molecule has 0 unspecified atom stereocenters. The Balaban J connectivity index is 1.39. The van der Waals surface area contributed by atoms with E-state index in [1.165, 1.54) is 42.6 Å². The Bertz CT molecular complexity index is 1050. The molecule has 3 aromatic rings. The first-order valence-electron chi connectivity index (χ1n) is 9.33. The number of rotatable bonds is 5.